The molecule has 3 rings (SSSR count). The number of aryl methyl sites for hydroxylation is 1. The Kier molecular flexibility index (Phi) is 11.8. The van der Waals surface area contributed by atoms with Gasteiger partial charge in [-0.25, -0.2) is 4.99 Å². The smallest absolute Gasteiger partial charge is 0.118 e. The predicted octanol–water partition coefficient (Wildman–Crippen LogP) is 5.36. The number of aromatic amines is 1. The quantitative estimate of drug-likeness (QED) is 0.437. The van der Waals surface area contributed by atoms with E-state index in [1.54, 1.807) is 0 Å². The van der Waals surface area contributed by atoms with E-state index in [9.17, 15) is 0 Å². The minimum absolute atomic E-state index is 0.492. The molecule has 6 heteroatoms. The lowest BCUT2D eigenvalue weighted by Crippen LogP contribution is -2.27. The molecule has 0 radical (unpaired) electrons. The van der Waals surface area contributed by atoms with Gasteiger partial charge in [0.1, 0.15) is 5.82 Å². The third kappa shape index (κ3) is 8.58. The highest BCUT2D eigenvalue weighted by Gasteiger charge is 2.24. The van der Waals surface area contributed by atoms with Gasteiger partial charge in [-0.15, -0.1) is 0 Å². The largest absolute Gasteiger partial charge is 0.369 e. The van der Waals surface area contributed by atoms with Crippen LogP contribution in [0, 0.1) is 6.92 Å². The number of nitrogens with zero attached hydrogens (tertiary/aromatic N) is 3. The molecule has 2 heterocycles. The summed E-state index contributed by atoms with van der Waals surface area (Å²) in [7, 11) is 4.10. The maximum absolute atomic E-state index is 4.75. The first-order chi connectivity index (χ1) is 16.4. The fraction of sp³-hybridized carbons (Fsp3) is 0.500. The van der Waals surface area contributed by atoms with Crippen molar-refractivity contribution in [1.29, 1.82) is 0 Å². The number of hydrogen-bond donors (Lipinski definition) is 3. The van der Waals surface area contributed by atoms with Crippen molar-refractivity contribution in [2.24, 2.45) is 4.99 Å². The van der Waals surface area contributed by atoms with Gasteiger partial charge in [0.15, 0.2) is 0 Å². The minimum Gasteiger partial charge on any atom is -0.369 e. The van der Waals surface area contributed by atoms with Crippen molar-refractivity contribution in [3.63, 3.8) is 0 Å². The molecule has 34 heavy (non-hydrogen) atoms. The standard InChI is InChI=1S/C25H36N6.C3H8/c1-18-6-8-21(9-7-18)24-23(25(30-29-24)22-11-13-26-14-12-22)19(2)10-15-27-20(3)28-16-17-31(4)5;1-3-2/h6-10,15,22,26,28H,3,11-14,16-17H2,1-2,4-5H3,(H,29,30);3H2,1-2H3/b19-10+,27-15-;. The van der Waals surface area contributed by atoms with Crippen LogP contribution < -0.4 is 10.6 Å². The van der Waals surface area contributed by atoms with Crippen molar-refractivity contribution in [1.82, 2.24) is 25.7 Å². The summed E-state index contributed by atoms with van der Waals surface area (Å²) in [5.41, 5.74) is 6.99. The molecule has 1 aliphatic rings. The van der Waals surface area contributed by atoms with E-state index in [2.05, 4.69) is 104 Å². The van der Waals surface area contributed by atoms with Crippen LogP contribution in [0.1, 0.15) is 62.8 Å². The van der Waals surface area contributed by atoms with Crippen molar-refractivity contribution in [3.8, 4) is 11.3 Å². The number of rotatable bonds is 9. The average Bonchev–Trinajstić information content (AvgIpc) is 3.26. The number of allylic oxidation sites excluding steroid dienone is 2. The van der Waals surface area contributed by atoms with Crippen LogP contribution >= 0.6 is 0 Å². The first-order valence-electron chi connectivity index (χ1n) is 12.5. The van der Waals surface area contributed by atoms with E-state index in [1.807, 2.05) is 6.21 Å². The molecule has 1 aliphatic heterocycles. The number of benzene rings is 1. The van der Waals surface area contributed by atoms with Crippen LogP contribution in [0.5, 0.6) is 0 Å². The Labute approximate surface area is 206 Å². The number of H-pyrrole nitrogens is 1. The fourth-order valence-corrected chi connectivity index (χ4v) is 3.87. The molecule has 186 valence electrons. The van der Waals surface area contributed by atoms with E-state index in [1.165, 1.54) is 23.2 Å². The van der Waals surface area contributed by atoms with Gasteiger partial charge in [0.25, 0.3) is 0 Å². The molecule has 6 nitrogen and oxygen atoms in total. The van der Waals surface area contributed by atoms with Crippen LogP contribution in [-0.2, 0) is 0 Å². The lowest BCUT2D eigenvalue weighted by molar-refractivity contribution is 0.408. The molecule has 0 bridgehead atoms. The second-order valence-corrected chi connectivity index (χ2v) is 9.26. The molecule has 1 aromatic carbocycles. The molecule has 0 aliphatic carbocycles. The van der Waals surface area contributed by atoms with Crippen molar-refractivity contribution in [2.75, 3.05) is 40.3 Å². The van der Waals surface area contributed by atoms with E-state index >= 15 is 0 Å². The summed E-state index contributed by atoms with van der Waals surface area (Å²) in [6, 6.07) is 8.59. The van der Waals surface area contributed by atoms with Crippen LogP contribution in [0.15, 0.2) is 47.7 Å². The summed E-state index contributed by atoms with van der Waals surface area (Å²) >= 11 is 0. The zero-order valence-electron chi connectivity index (χ0n) is 22.0. The number of hydrogen-bond acceptors (Lipinski definition) is 5. The average molecular weight is 465 g/mol. The number of nitrogens with one attached hydrogen (secondary N) is 3. The van der Waals surface area contributed by atoms with Gasteiger partial charge in [0.05, 0.1) is 5.69 Å². The van der Waals surface area contributed by atoms with Gasteiger partial charge in [0.2, 0.25) is 0 Å². The van der Waals surface area contributed by atoms with E-state index in [-0.39, 0.29) is 0 Å². The van der Waals surface area contributed by atoms with Gasteiger partial charge >= 0.3 is 0 Å². The van der Waals surface area contributed by atoms with Gasteiger partial charge in [-0.3, -0.25) is 5.10 Å². The maximum Gasteiger partial charge on any atom is 0.118 e. The van der Waals surface area contributed by atoms with Crippen molar-refractivity contribution < 1.29 is 0 Å². The summed E-state index contributed by atoms with van der Waals surface area (Å²) in [6.07, 6.45) is 7.39. The van der Waals surface area contributed by atoms with Gasteiger partial charge in [0, 0.05) is 42.0 Å². The number of aliphatic imine (C=N–C) groups is 1. The van der Waals surface area contributed by atoms with E-state index in [0.717, 1.165) is 55.9 Å². The van der Waals surface area contributed by atoms with Crippen LogP contribution in [0.25, 0.3) is 16.8 Å². The highest BCUT2D eigenvalue weighted by atomic mass is 15.1. The second-order valence-electron chi connectivity index (χ2n) is 9.26. The van der Waals surface area contributed by atoms with Crippen molar-refractivity contribution >= 4 is 11.8 Å². The summed E-state index contributed by atoms with van der Waals surface area (Å²) in [5.74, 6) is 1.17. The van der Waals surface area contributed by atoms with E-state index in [0.29, 0.717) is 11.7 Å². The monoisotopic (exact) mass is 464 g/mol. The van der Waals surface area contributed by atoms with Gasteiger partial charge < -0.3 is 15.5 Å². The molecule has 1 saturated heterocycles. The Morgan fingerprint density at radius 2 is 1.85 bits per heavy atom. The topological polar surface area (TPSA) is 68.3 Å². The molecular formula is C28H44N6. The first-order valence-corrected chi connectivity index (χ1v) is 12.5. The zero-order chi connectivity index (χ0) is 24.9. The van der Waals surface area contributed by atoms with Gasteiger partial charge in [-0.2, -0.15) is 5.10 Å². The fourth-order valence-electron chi connectivity index (χ4n) is 3.87. The first kappa shape index (κ1) is 27.5. The number of aromatic nitrogens is 2. The Balaban J connectivity index is 0.00000129. The normalized spacial score (nSPS) is 14.9. The summed E-state index contributed by atoms with van der Waals surface area (Å²) in [6.45, 7) is 16.4. The molecular weight excluding hydrogens is 420 g/mol. The highest BCUT2D eigenvalue weighted by molar-refractivity contribution is 5.89. The molecule has 1 fully saturated rings. The zero-order valence-corrected chi connectivity index (χ0v) is 22.0. The number of likely N-dealkylation sites (N-methyl/N-ethyl adjacent to an activating group) is 1. The number of piperidine rings is 1. The van der Waals surface area contributed by atoms with Gasteiger partial charge in [-0.05, 0) is 65.5 Å². The Morgan fingerprint density at radius 1 is 1.21 bits per heavy atom. The maximum atomic E-state index is 4.75. The SMILES string of the molecule is C=C(/N=C\C=C(/C)c1c(-c2ccc(C)cc2)n[nH]c1C1CCNCC1)NCCN(C)C.CCC. The second kappa shape index (κ2) is 14.5. The highest BCUT2D eigenvalue weighted by Crippen LogP contribution is 2.36. The molecule has 0 saturated carbocycles. The molecule has 0 spiro atoms. The van der Waals surface area contributed by atoms with Crippen LogP contribution in [0.4, 0.5) is 0 Å². The molecule has 0 unspecified atom stereocenters. The Hall–Kier alpha value is -2.70. The Bertz CT molecular complexity index is 930. The van der Waals surface area contributed by atoms with Crippen molar-refractivity contribution in [3.05, 3.63) is 59.6 Å². The summed E-state index contributed by atoms with van der Waals surface area (Å²) in [4.78, 5) is 6.59. The molecule has 0 atom stereocenters. The Morgan fingerprint density at radius 3 is 2.47 bits per heavy atom. The third-order valence-corrected chi connectivity index (χ3v) is 5.70. The molecule has 3 N–H and O–H groups in total. The minimum atomic E-state index is 0.492. The molecule has 1 aromatic heterocycles. The van der Waals surface area contributed by atoms with E-state index in [4.69, 9.17) is 5.10 Å². The van der Waals surface area contributed by atoms with Crippen LogP contribution in [-0.4, -0.2) is 61.6 Å². The van der Waals surface area contributed by atoms with Crippen LogP contribution in [0.2, 0.25) is 0 Å². The lowest BCUT2D eigenvalue weighted by atomic mass is 9.88. The summed E-state index contributed by atoms with van der Waals surface area (Å²) < 4.78 is 0. The molecule has 2 aromatic rings. The summed E-state index contributed by atoms with van der Waals surface area (Å²) in [5, 5.41) is 14.8. The van der Waals surface area contributed by atoms with E-state index < -0.39 is 0 Å². The lowest BCUT2D eigenvalue weighted by Gasteiger charge is -2.23. The third-order valence-electron chi connectivity index (χ3n) is 5.70. The van der Waals surface area contributed by atoms with Crippen LogP contribution in [0.3, 0.4) is 0 Å². The predicted molar refractivity (Wildman–Crippen MR) is 147 cm³/mol. The van der Waals surface area contributed by atoms with Crippen molar-refractivity contribution in [2.45, 2.75) is 52.9 Å². The van der Waals surface area contributed by atoms with Gasteiger partial charge in [-0.1, -0.05) is 56.7 Å². The molecule has 0 amide bonds.